The van der Waals surface area contributed by atoms with Crippen LogP contribution >= 0.6 is 0 Å². The zero-order valence-corrected chi connectivity index (χ0v) is 12.0. The molecule has 0 saturated carbocycles. The van der Waals surface area contributed by atoms with Gasteiger partial charge in [-0.1, -0.05) is 12.1 Å². The van der Waals surface area contributed by atoms with E-state index in [1.807, 2.05) is 29.2 Å². The first kappa shape index (κ1) is 14.4. The molecule has 0 aromatic heterocycles. The first-order chi connectivity index (χ1) is 9.60. The zero-order valence-electron chi connectivity index (χ0n) is 12.0. The number of piperazine rings is 1. The van der Waals surface area contributed by atoms with E-state index in [2.05, 4.69) is 9.64 Å². The fourth-order valence-electron chi connectivity index (χ4n) is 2.38. The van der Waals surface area contributed by atoms with Gasteiger partial charge in [-0.3, -0.25) is 9.59 Å². The van der Waals surface area contributed by atoms with Crippen LogP contribution in [0.25, 0.3) is 0 Å². The number of nitrogens with zero attached hydrogens (tertiary/aromatic N) is 2. The van der Waals surface area contributed by atoms with Crippen molar-refractivity contribution in [2.75, 3.05) is 38.2 Å². The Balaban J connectivity index is 2.01. The average molecular weight is 276 g/mol. The summed E-state index contributed by atoms with van der Waals surface area (Å²) in [5.74, 6) is -0.104. The highest BCUT2D eigenvalue weighted by Gasteiger charge is 2.18. The van der Waals surface area contributed by atoms with Crippen molar-refractivity contribution in [1.82, 2.24) is 4.90 Å². The number of ether oxygens (including phenoxy) is 1. The molecular weight excluding hydrogens is 256 g/mol. The molecule has 1 saturated heterocycles. The van der Waals surface area contributed by atoms with Crippen molar-refractivity contribution in [3.05, 3.63) is 29.8 Å². The monoisotopic (exact) mass is 276 g/mol. The summed E-state index contributed by atoms with van der Waals surface area (Å²) in [5.41, 5.74) is 2.04. The maximum Gasteiger partial charge on any atom is 0.309 e. The third-order valence-electron chi connectivity index (χ3n) is 3.58. The molecule has 1 aliphatic rings. The Hall–Kier alpha value is -2.04. The van der Waals surface area contributed by atoms with Crippen LogP contribution in [0.1, 0.15) is 12.5 Å². The van der Waals surface area contributed by atoms with Gasteiger partial charge in [0.05, 0.1) is 13.5 Å². The number of carbonyl (C=O) groups is 2. The Morgan fingerprint density at radius 1 is 1.20 bits per heavy atom. The summed E-state index contributed by atoms with van der Waals surface area (Å²) >= 11 is 0. The third-order valence-corrected chi connectivity index (χ3v) is 3.58. The Kier molecular flexibility index (Phi) is 4.61. The van der Waals surface area contributed by atoms with E-state index in [-0.39, 0.29) is 18.3 Å². The van der Waals surface area contributed by atoms with E-state index in [9.17, 15) is 9.59 Å². The number of benzene rings is 1. The van der Waals surface area contributed by atoms with Gasteiger partial charge in [0.15, 0.2) is 0 Å². The molecule has 1 fully saturated rings. The van der Waals surface area contributed by atoms with Crippen LogP contribution in [0, 0.1) is 0 Å². The molecule has 1 aliphatic heterocycles. The maximum absolute atomic E-state index is 11.3. The van der Waals surface area contributed by atoms with Crippen LogP contribution in [-0.4, -0.2) is 50.1 Å². The SMILES string of the molecule is COC(=O)Cc1cccc(N2CCN(C(C)=O)CC2)c1. The molecule has 0 N–H and O–H groups in total. The fourth-order valence-corrected chi connectivity index (χ4v) is 2.38. The number of rotatable bonds is 3. The molecule has 0 radical (unpaired) electrons. The summed E-state index contributed by atoms with van der Waals surface area (Å²) in [7, 11) is 1.40. The van der Waals surface area contributed by atoms with E-state index in [1.54, 1.807) is 6.92 Å². The standard InChI is InChI=1S/C15H20N2O3/c1-12(18)16-6-8-17(9-7-16)14-5-3-4-13(10-14)11-15(19)20-2/h3-5,10H,6-9,11H2,1-2H3. The second kappa shape index (κ2) is 6.41. The minimum atomic E-state index is -0.233. The highest BCUT2D eigenvalue weighted by molar-refractivity contribution is 5.74. The lowest BCUT2D eigenvalue weighted by Gasteiger charge is -2.35. The summed E-state index contributed by atoms with van der Waals surface area (Å²) in [4.78, 5) is 26.7. The number of hydrogen-bond donors (Lipinski definition) is 0. The molecule has 0 atom stereocenters. The molecule has 5 heteroatoms. The molecule has 0 aliphatic carbocycles. The summed E-state index contributed by atoms with van der Waals surface area (Å²) in [5, 5.41) is 0. The van der Waals surface area contributed by atoms with Gasteiger partial charge in [-0.25, -0.2) is 0 Å². The predicted molar refractivity (Wildman–Crippen MR) is 76.6 cm³/mol. The highest BCUT2D eigenvalue weighted by Crippen LogP contribution is 2.18. The fraction of sp³-hybridized carbons (Fsp3) is 0.467. The minimum absolute atomic E-state index is 0.129. The van der Waals surface area contributed by atoms with E-state index >= 15 is 0 Å². The van der Waals surface area contributed by atoms with Gasteiger partial charge in [-0.2, -0.15) is 0 Å². The van der Waals surface area contributed by atoms with Crippen molar-refractivity contribution < 1.29 is 14.3 Å². The van der Waals surface area contributed by atoms with Crippen LogP contribution < -0.4 is 4.90 Å². The second-order valence-corrected chi connectivity index (χ2v) is 4.92. The Morgan fingerprint density at radius 3 is 2.50 bits per heavy atom. The Bertz CT molecular complexity index is 494. The number of esters is 1. The normalized spacial score (nSPS) is 15.1. The second-order valence-electron chi connectivity index (χ2n) is 4.92. The molecule has 2 rings (SSSR count). The molecule has 0 unspecified atom stereocenters. The quantitative estimate of drug-likeness (QED) is 0.775. The number of hydrogen-bond acceptors (Lipinski definition) is 4. The Labute approximate surface area is 119 Å². The van der Waals surface area contributed by atoms with E-state index in [0.29, 0.717) is 0 Å². The van der Waals surface area contributed by atoms with Gasteiger partial charge in [-0.15, -0.1) is 0 Å². The van der Waals surface area contributed by atoms with Crippen LogP contribution in [0.15, 0.2) is 24.3 Å². The molecule has 1 heterocycles. The molecule has 1 aromatic carbocycles. The summed E-state index contributed by atoms with van der Waals surface area (Å²) in [6.45, 7) is 4.74. The molecule has 1 amide bonds. The van der Waals surface area contributed by atoms with Crippen molar-refractivity contribution in [2.45, 2.75) is 13.3 Å². The number of amides is 1. The Morgan fingerprint density at radius 2 is 1.90 bits per heavy atom. The van der Waals surface area contributed by atoms with Crippen molar-refractivity contribution >= 4 is 17.6 Å². The van der Waals surface area contributed by atoms with Crippen LogP contribution in [-0.2, 0) is 20.7 Å². The summed E-state index contributed by atoms with van der Waals surface area (Å²) in [6.07, 6.45) is 0.289. The molecular formula is C15H20N2O3. The van der Waals surface area contributed by atoms with Crippen LogP contribution in [0.5, 0.6) is 0 Å². The van der Waals surface area contributed by atoms with Gasteiger partial charge in [0.1, 0.15) is 0 Å². The maximum atomic E-state index is 11.3. The molecule has 0 spiro atoms. The molecule has 20 heavy (non-hydrogen) atoms. The van der Waals surface area contributed by atoms with Gasteiger partial charge >= 0.3 is 5.97 Å². The number of methoxy groups -OCH3 is 1. The first-order valence-electron chi connectivity index (χ1n) is 6.76. The minimum Gasteiger partial charge on any atom is -0.469 e. The smallest absolute Gasteiger partial charge is 0.309 e. The number of carbonyl (C=O) groups excluding carboxylic acids is 2. The summed E-state index contributed by atoms with van der Waals surface area (Å²) < 4.78 is 4.68. The molecule has 1 aromatic rings. The van der Waals surface area contributed by atoms with Gasteiger partial charge in [0.25, 0.3) is 0 Å². The van der Waals surface area contributed by atoms with E-state index in [0.717, 1.165) is 37.4 Å². The zero-order chi connectivity index (χ0) is 14.5. The third kappa shape index (κ3) is 3.50. The lowest BCUT2D eigenvalue weighted by atomic mass is 10.1. The van der Waals surface area contributed by atoms with Crippen molar-refractivity contribution in [3.63, 3.8) is 0 Å². The molecule has 108 valence electrons. The topological polar surface area (TPSA) is 49.9 Å². The van der Waals surface area contributed by atoms with E-state index in [4.69, 9.17) is 0 Å². The van der Waals surface area contributed by atoms with Crippen molar-refractivity contribution in [3.8, 4) is 0 Å². The van der Waals surface area contributed by atoms with E-state index in [1.165, 1.54) is 7.11 Å². The van der Waals surface area contributed by atoms with Crippen molar-refractivity contribution in [1.29, 1.82) is 0 Å². The summed E-state index contributed by atoms with van der Waals surface area (Å²) in [6, 6.07) is 7.92. The lowest BCUT2D eigenvalue weighted by molar-refractivity contribution is -0.139. The lowest BCUT2D eigenvalue weighted by Crippen LogP contribution is -2.48. The van der Waals surface area contributed by atoms with Crippen LogP contribution in [0.3, 0.4) is 0 Å². The highest BCUT2D eigenvalue weighted by atomic mass is 16.5. The van der Waals surface area contributed by atoms with Gasteiger partial charge in [-0.05, 0) is 17.7 Å². The van der Waals surface area contributed by atoms with Crippen molar-refractivity contribution in [2.24, 2.45) is 0 Å². The number of anilines is 1. The van der Waals surface area contributed by atoms with Crippen LogP contribution in [0.4, 0.5) is 5.69 Å². The van der Waals surface area contributed by atoms with Crippen LogP contribution in [0.2, 0.25) is 0 Å². The first-order valence-corrected chi connectivity index (χ1v) is 6.76. The molecule has 0 bridgehead atoms. The van der Waals surface area contributed by atoms with Gasteiger partial charge in [0, 0.05) is 38.8 Å². The average Bonchev–Trinajstić information content (AvgIpc) is 2.47. The van der Waals surface area contributed by atoms with Gasteiger partial charge in [0.2, 0.25) is 5.91 Å². The van der Waals surface area contributed by atoms with E-state index < -0.39 is 0 Å². The predicted octanol–water partition coefficient (Wildman–Crippen LogP) is 1.07. The molecule has 5 nitrogen and oxygen atoms in total. The van der Waals surface area contributed by atoms with Gasteiger partial charge < -0.3 is 14.5 Å². The largest absolute Gasteiger partial charge is 0.469 e.